The minimum Gasteiger partial charge on any atom is -0.490 e. The Morgan fingerprint density at radius 2 is 1.41 bits per heavy atom. The lowest BCUT2D eigenvalue weighted by atomic mass is 10.2. The van der Waals surface area contributed by atoms with Gasteiger partial charge in [-0.05, 0) is 67.1 Å². The van der Waals surface area contributed by atoms with E-state index >= 15 is 0 Å². The highest BCUT2D eigenvalue weighted by atomic mass is 32.2. The van der Waals surface area contributed by atoms with E-state index in [2.05, 4.69) is 10.0 Å². The second-order valence-corrected chi connectivity index (χ2v) is 8.68. The number of ether oxygens (including phenoxy) is 2. The zero-order valence-corrected chi connectivity index (χ0v) is 18.6. The molecule has 0 unspecified atom stereocenters. The van der Waals surface area contributed by atoms with Crippen molar-refractivity contribution in [2.45, 2.75) is 18.2 Å². The van der Waals surface area contributed by atoms with E-state index in [4.69, 9.17) is 9.47 Å². The molecule has 0 bridgehead atoms. The molecular formula is C24H26N2O5S. The quantitative estimate of drug-likeness (QED) is 0.426. The first kappa shape index (κ1) is 23.3. The molecule has 0 fully saturated rings. The Hall–Kier alpha value is -3.36. The molecule has 3 aromatic carbocycles. The highest BCUT2D eigenvalue weighted by Crippen LogP contribution is 2.17. The van der Waals surface area contributed by atoms with Crippen LogP contribution in [0.15, 0.2) is 83.8 Å². The van der Waals surface area contributed by atoms with Crippen LogP contribution in [-0.2, 0) is 10.0 Å². The summed E-state index contributed by atoms with van der Waals surface area (Å²) in [4.78, 5) is 12.6. The average molecular weight is 455 g/mol. The lowest BCUT2D eigenvalue weighted by Crippen LogP contribution is -2.24. The topological polar surface area (TPSA) is 93.7 Å². The molecule has 0 aliphatic rings. The second-order valence-electron chi connectivity index (χ2n) is 6.91. The number of amides is 1. The monoisotopic (exact) mass is 454 g/mol. The van der Waals surface area contributed by atoms with Gasteiger partial charge in [-0.1, -0.05) is 25.1 Å². The number of para-hydroxylation sites is 1. The van der Waals surface area contributed by atoms with Crippen molar-refractivity contribution in [2.24, 2.45) is 0 Å². The molecule has 0 radical (unpaired) electrons. The highest BCUT2D eigenvalue weighted by Gasteiger charge is 2.13. The molecule has 0 heterocycles. The summed E-state index contributed by atoms with van der Waals surface area (Å²) in [6.07, 6.45) is 0.707. The van der Waals surface area contributed by atoms with E-state index in [9.17, 15) is 13.2 Å². The summed E-state index contributed by atoms with van der Waals surface area (Å²) in [5.41, 5.74) is 0.960. The van der Waals surface area contributed by atoms with Crippen LogP contribution >= 0.6 is 0 Å². The Kier molecular flexibility index (Phi) is 8.24. The largest absolute Gasteiger partial charge is 0.490 e. The van der Waals surface area contributed by atoms with Crippen LogP contribution in [0.5, 0.6) is 11.5 Å². The molecule has 32 heavy (non-hydrogen) atoms. The molecule has 0 aromatic heterocycles. The number of hydrogen-bond acceptors (Lipinski definition) is 5. The molecule has 7 nitrogen and oxygen atoms in total. The van der Waals surface area contributed by atoms with Gasteiger partial charge in [-0.25, -0.2) is 13.1 Å². The smallest absolute Gasteiger partial charge is 0.255 e. The summed E-state index contributed by atoms with van der Waals surface area (Å²) in [5, 5.41) is 2.75. The number of sulfonamides is 1. The van der Waals surface area contributed by atoms with Gasteiger partial charge < -0.3 is 14.8 Å². The Bertz CT molecular complexity index is 1100. The zero-order valence-electron chi connectivity index (χ0n) is 17.8. The summed E-state index contributed by atoms with van der Waals surface area (Å²) in [6.45, 7) is 3.05. The van der Waals surface area contributed by atoms with Crippen LogP contribution in [0.25, 0.3) is 0 Å². The first-order valence-electron chi connectivity index (χ1n) is 10.3. The summed E-state index contributed by atoms with van der Waals surface area (Å²) >= 11 is 0. The average Bonchev–Trinajstić information content (AvgIpc) is 2.82. The van der Waals surface area contributed by atoms with E-state index in [-0.39, 0.29) is 10.8 Å². The van der Waals surface area contributed by atoms with E-state index < -0.39 is 10.0 Å². The first-order valence-corrected chi connectivity index (χ1v) is 11.8. The molecule has 0 spiro atoms. The minimum absolute atomic E-state index is 0.154. The van der Waals surface area contributed by atoms with Gasteiger partial charge in [0.2, 0.25) is 10.0 Å². The molecule has 3 aromatic rings. The van der Waals surface area contributed by atoms with Crippen molar-refractivity contribution < 1.29 is 22.7 Å². The SMILES string of the molecule is CCCNS(=O)(=O)c1ccc(NC(=O)c2ccc(OCCOc3ccccc3)cc2)cc1. The van der Waals surface area contributed by atoms with Gasteiger partial charge in [-0.3, -0.25) is 4.79 Å². The summed E-state index contributed by atoms with van der Waals surface area (Å²) in [6, 6.07) is 22.3. The molecule has 0 saturated carbocycles. The molecule has 1 amide bonds. The normalized spacial score (nSPS) is 11.0. The van der Waals surface area contributed by atoms with Crippen molar-refractivity contribution >= 4 is 21.6 Å². The summed E-state index contributed by atoms with van der Waals surface area (Å²) in [7, 11) is -3.54. The van der Waals surface area contributed by atoms with E-state index in [1.807, 2.05) is 37.3 Å². The van der Waals surface area contributed by atoms with Gasteiger partial charge in [0.15, 0.2) is 0 Å². The van der Waals surface area contributed by atoms with Crippen molar-refractivity contribution in [1.29, 1.82) is 0 Å². The van der Waals surface area contributed by atoms with E-state index in [1.54, 1.807) is 36.4 Å². The lowest BCUT2D eigenvalue weighted by molar-refractivity contribution is 0.102. The zero-order chi connectivity index (χ0) is 22.8. The van der Waals surface area contributed by atoms with Crippen LogP contribution in [0.1, 0.15) is 23.7 Å². The van der Waals surface area contributed by atoms with Crippen LogP contribution in [0.3, 0.4) is 0 Å². The Morgan fingerprint density at radius 3 is 2.00 bits per heavy atom. The number of anilines is 1. The van der Waals surface area contributed by atoms with Crippen molar-refractivity contribution in [2.75, 3.05) is 25.1 Å². The van der Waals surface area contributed by atoms with E-state index in [0.717, 1.165) is 5.75 Å². The van der Waals surface area contributed by atoms with Crippen molar-refractivity contribution in [3.8, 4) is 11.5 Å². The third kappa shape index (κ3) is 6.83. The lowest BCUT2D eigenvalue weighted by Gasteiger charge is -2.10. The van der Waals surface area contributed by atoms with Gasteiger partial charge in [0.05, 0.1) is 4.90 Å². The number of hydrogen-bond donors (Lipinski definition) is 2. The third-order valence-electron chi connectivity index (χ3n) is 4.45. The predicted molar refractivity (Wildman–Crippen MR) is 124 cm³/mol. The molecule has 0 atom stereocenters. The van der Waals surface area contributed by atoms with Gasteiger partial charge in [0.1, 0.15) is 24.7 Å². The Morgan fingerprint density at radius 1 is 0.812 bits per heavy atom. The van der Waals surface area contributed by atoms with Crippen LogP contribution < -0.4 is 19.5 Å². The maximum Gasteiger partial charge on any atom is 0.255 e. The number of nitrogens with one attached hydrogen (secondary N) is 2. The van der Waals surface area contributed by atoms with Crippen LogP contribution in [0.4, 0.5) is 5.69 Å². The van der Waals surface area contributed by atoms with Crippen molar-refractivity contribution in [3.63, 3.8) is 0 Å². The molecule has 8 heteroatoms. The fourth-order valence-corrected chi connectivity index (χ4v) is 3.91. The molecule has 0 aliphatic carbocycles. The first-order chi connectivity index (χ1) is 15.5. The molecule has 3 rings (SSSR count). The summed E-state index contributed by atoms with van der Waals surface area (Å²) in [5.74, 6) is 1.11. The van der Waals surface area contributed by atoms with Crippen molar-refractivity contribution in [1.82, 2.24) is 4.72 Å². The van der Waals surface area contributed by atoms with Gasteiger partial charge in [-0.15, -0.1) is 0 Å². The number of carbonyl (C=O) groups excluding carboxylic acids is 1. The Balaban J connectivity index is 1.49. The predicted octanol–water partition coefficient (Wildman–Crippen LogP) is 4.09. The Labute approximate surface area is 188 Å². The fraction of sp³-hybridized carbons (Fsp3) is 0.208. The highest BCUT2D eigenvalue weighted by molar-refractivity contribution is 7.89. The van der Waals surface area contributed by atoms with Gasteiger partial charge in [0, 0.05) is 17.8 Å². The van der Waals surface area contributed by atoms with Crippen LogP contribution in [0.2, 0.25) is 0 Å². The number of carbonyl (C=O) groups is 1. The van der Waals surface area contributed by atoms with E-state index in [1.165, 1.54) is 12.1 Å². The maximum absolute atomic E-state index is 12.5. The second kappa shape index (κ2) is 11.3. The summed E-state index contributed by atoms with van der Waals surface area (Å²) < 4.78 is 38.0. The van der Waals surface area contributed by atoms with Gasteiger partial charge >= 0.3 is 0 Å². The minimum atomic E-state index is -3.54. The molecule has 2 N–H and O–H groups in total. The molecule has 168 valence electrons. The maximum atomic E-state index is 12.5. The van der Waals surface area contributed by atoms with Gasteiger partial charge in [0.25, 0.3) is 5.91 Å². The van der Waals surface area contributed by atoms with Crippen molar-refractivity contribution in [3.05, 3.63) is 84.4 Å². The standard InChI is InChI=1S/C24H26N2O5S/c1-2-16-25-32(28,29)23-14-10-20(11-15-23)26-24(27)19-8-12-22(13-9-19)31-18-17-30-21-6-4-3-5-7-21/h3-15,25H,2,16-18H2,1H3,(H,26,27). The molecule has 0 aliphatic heterocycles. The molecular weight excluding hydrogens is 428 g/mol. The van der Waals surface area contributed by atoms with E-state index in [0.29, 0.717) is 43.2 Å². The van der Waals surface area contributed by atoms with Gasteiger partial charge in [-0.2, -0.15) is 0 Å². The fourth-order valence-electron chi connectivity index (χ4n) is 2.78. The van der Waals surface area contributed by atoms with Crippen LogP contribution in [0, 0.1) is 0 Å². The third-order valence-corrected chi connectivity index (χ3v) is 5.92. The van der Waals surface area contributed by atoms with Crippen LogP contribution in [-0.4, -0.2) is 34.1 Å². The number of rotatable bonds is 11. The molecule has 0 saturated heterocycles. The number of benzene rings is 3.